The van der Waals surface area contributed by atoms with E-state index >= 15 is 0 Å². The van der Waals surface area contributed by atoms with Crippen molar-refractivity contribution in [3.63, 3.8) is 0 Å². The number of hydrogen-bond acceptors (Lipinski definition) is 2. The summed E-state index contributed by atoms with van der Waals surface area (Å²) < 4.78 is 1.21. The largest absolute Gasteiger partial charge is 0.306 e. The highest BCUT2D eigenvalue weighted by atomic mass is 79.9. The molecule has 0 aliphatic heterocycles. The zero-order valence-corrected chi connectivity index (χ0v) is 13.1. The maximum absolute atomic E-state index is 3.72. The third-order valence-electron chi connectivity index (χ3n) is 3.01. The molecule has 0 fully saturated rings. The normalized spacial score (nSPS) is 12.6. The second-order valence-electron chi connectivity index (χ2n) is 4.42. The third-order valence-corrected chi connectivity index (χ3v) is 4.79. The SMILES string of the molecule is CCCNC(c1ccsc1)c1cccc(C)c1Br. The Morgan fingerprint density at radius 3 is 2.83 bits per heavy atom. The molecule has 18 heavy (non-hydrogen) atoms. The highest BCUT2D eigenvalue weighted by Crippen LogP contribution is 2.31. The number of hydrogen-bond donors (Lipinski definition) is 1. The van der Waals surface area contributed by atoms with Gasteiger partial charge in [-0.3, -0.25) is 0 Å². The molecular formula is C15H18BrNS. The maximum atomic E-state index is 3.72. The van der Waals surface area contributed by atoms with Gasteiger partial charge >= 0.3 is 0 Å². The van der Waals surface area contributed by atoms with E-state index in [1.54, 1.807) is 11.3 Å². The Kier molecular flexibility index (Phi) is 4.98. The van der Waals surface area contributed by atoms with E-state index in [1.807, 2.05) is 0 Å². The van der Waals surface area contributed by atoms with Crippen molar-refractivity contribution in [2.45, 2.75) is 26.3 Å². The fourth-order valence-corrected chi connectivity index (χ4v) is 3.21. The van der Waals surface area contributed by atoms with Gasteiger partial charge in [0, 0.05) is 4.47 Å². The average Bonchev–Trinajstić information content (AvgIpc) is 2.88. The van der Waals surface area contributed by atoms with E-state index < -0.39 is 0 Å². The summed E-state index contributed by atoms with van der Waals surface area (Å²) in [5.41, 5.74) is 3.95. The van der Waals surface area contributed by atoms with Crippen molar-refractivity contribution in [3.8, 4) is 0 Å². The first-order valence-corrected chi connectivity index (χ1v) is 7.98. The van der Waals surface area contributed by atoms with Crippen LogP contribution in [0.2, 0.25) is 0 Å². The molecule has 0 aliphatic rings. The van der Waals surface area contributed by atoms with Crippen molar-refractivity contribution < 1.29 is 0 Å². The minimum atomic E-state index is 0.283. The van der Waals surface area contributed by atoms with Crippen LogP contribution in [0.1, 0.15) is 36.1 Å². The van der Waals surface area contributed by atoms with Crippen molar-refractivity contribution in [2.75, 3.05) is 6.54 Å². The number of benzene rings is 1. The van der Waals surface area contributed by atoms with Gasteiger partial charge in [0.1, 0.15) is 0 Å². The van der Waals surface area contributed by atoms with Gasteiger partial charge in [-0.1, -0.05) is 41.1 Å². The van der Waals surface area contributed by atoms with E-state index in [4.69, 9.17) is 0 Å². The van der Waals surface area contributed by atoms with Gasteiger partial charge in [-0.25, -0.2) is 0 Å². The molecule has 0 saturated heterocycles. The van der Waals surface area contributed by atoms with E-state index in [9.17, 15) is 0 Å². The Labute approximate surface area is 121 Å². The lowest BCUT2D eigenvalue weighted by atomic mass is 9.99. The third kappa shape index (κ3) is 3.02. The zero-order valence-electron chi connectivity index (χ0n) is 10.7. The quantitative estimate of drug-likeness (QED) is 0.824. The smallest absolute Gasteiger partial charge is 0.0596 e. The monoisotopic (exact) mass is 323 g/mol. The van der Waals surface area contributed by atoms with Crippen molar-refractivity contribution in [2.24, 2.45) is 0 Å². The van der Waals surface area contributed by atoms with Crippen LogP contribution >= 0.6 is 27.3 Å². The molecule has 0 spiro atoms. The summed E-state index contributed by atoms with van der Waals surface area (Å²) in [6.45, 7) is 5.36. The molecule has 1 aromatic heterocycles. The molecule has 1 aromatic carbocycles. The van der Waals surface area contributed by atoms with E-state index in [0.717, 1.165) is 13.0 Å². The summed E-state index contributed by atoms with van der Waals surface area (Å²) in [4.78, 5) is 0. The van der Waals surface area contributed by atoms with Gasteiger partial charge in [0.05, 0.1) is 6.04 Å². The first-order chi connectivity index (χ1) is 8.74. The molecule has 1 atom stereocenters. The van der Waals surface area contributed by atoms with Crippen LogP contribution in [0.5, 0.6) is 0 Å². The van der Waals surface area contributed by atoms with Crippen LogP contribution < -0.4 is 5.32 Å². The molecule has 0 bridgehead atoms. The molecule has 1 N–H and O–H groups in total. The van der Waals surface area contributed by atoms with Crippen molar-refractivity contribution >= 4 is 27.3 Å². The molecule has 0 aliphatic carbocycles. The Morgan fingerprint density at radius 1 is 1.33 bits per heavy atom. The van der Waals surface area contributed by atoms with E-state index in [2.05, 4.69) is 70.1 Å². The summed E-state index contributed by atoms with van der Waals surface area (Å²) in [5.74, 6) is 0. The second-order valence-corrected chi connectivity index (χ2v) is 5.99. The van der Waals surface area contributed by atoms with Crippen LogP contribution in [-0.4, -0.2) is 6.54 Å². The molecule has 2 aromatic rings. The minimum absolute atomic E-state index is 0.283. The van der Waals surface area contributed by atoms with Gasteiger partial charge in [0.2, 0.25) is 0 Å². The van der Waals surface area contributed by atoms with Gasteiger partial charge in [0.25, 0.3) is 0 Å². The summed E-state index contributed by atoms with van der Waals surface area (Å²) >= 11 is 5.47. The first kappa shape index (κ1) is 13.8. The Bertz CT molecular complexity index is 493. The molecule has 0 saturated carbocycles. The lowest BCUT2D eigenvalue weighted by Crippen LogP contribution is -2.23. The number of rotatable bonds is 5. The molecule has 1 heterocycles. The summed E-state index contributed by atoms with van der Waals surface area (Å²) in [7, 11) is 0. The standard InChI is InChI=1S/C15H18BrNS/c1-3-8-17-15(12-7-9-18-10-12)13-6-4-5-11(2)14(13)16/h4-7,9-10,15,17H,3,8H2,1-2H3. The highest BCUT2D eigenvalue weighted by Gasteiger charge is 2.17. The Morgan fingerprint density at radius 2 is 2.17 bits per heavy atom. The van der Waals surface area contributed by atoms with Crippen molar-refractivity contribution in [1.82, 2.24) is 5.32 Å². The maximum Gasteiger partial charge on any atom is 0.0596 e. The lowest BCUT2D eigenvalue weighted by molar-refractivity contribution is 0.598. The van der Waals surface area contributed by atoms with Gasteiger partial charge in [-0.2, -0.15) is 11.3 Å². The van der Waals surface area contributed by atoms with Gasteiger partial charge in [0.15, 0.2) is 0 Å². The minimum Gasteiger partial charge on any atom is -0.306 e. The van der Waals surface area contributed by atoms with Crippen LogP contribution in [0.3, 0.4) is 0 Å². The summed E-state index contributed by atoms with van der Waals surface area (Å²) in [6, 6.07) is 8.94. The predicted octanol–water partition coefficient (Wildman–Crippen LogP) is 4.91. The van der Waals surface area contributed by atoms with Gasteiger partial charge in [-0.05, 0) is 53.4 Å². The lowest BCUT2D eigenvalue weighted by Gasteiger charge is -2.20. The van der Waals surface area contributed by atoms with Crippen molar-refractivity contribution in [3.05, 3.63) is 56.2 Å². The summed E-state index contributed by atoms with van der Waals surface area (Å²) in [5, 5.41) is 8.00. The van der Waals surface area contributed by atoms with Crippen LogP contribution in [0.15, 0.2) is 39.5 Å². The molecule has 0 amide bonds. The average molecular weight is 324 g/mol. The molecular weight excluding hydrogens is 306 g/mol. The Hall–Kier alpha value is -0.640. The van der Waals surface area contributed by atoms with Gasteiger partial charge in [-0.15, -0.1) is 0 Å². The first-order valence-electron chi connectivity index (χ1n) is 6.24. The Balaban J connectivity index is 2.37. The van der Waals surface area contributed by atoms with Gasteiger partial charge < -0.3 is 5.32 Å². The number of aryl methyl sites for hydroxylation is 1. The summed E-state index contributed by atoms with van der Waals surface area (Å²) in [6.07, 6.45) is 1.14. The number of thiophene rings is 1. The van der Waals surface area contributed by atoms with Crippen LogP contribution in [0, 0.1) is 6.92 Å². The number of halogens is 1. The molecule has 3 heteroatoms. The molecule has 96 valence electrons. The molecule has 1 unspecified atom stereocenters. The number of nitrogens with one attached hydrogen (secondary N) is 1. The van der Waals surface area contributed by atoms with E-state index in [-0.39, 0.29) is 6.04 Å². The second kappa shape index (κ2) is 6.50. The fourth-order valence-electron chi connectivity index (χ4n) is 2.03. The van der Waals surface area contributed by atoms with E-state index in [1.165, 1.54) is 21.2 Å². The van der Waals surface area contributed by atoms with E-state index in [0.29, 0.717) is 0 Å². The van der Waals surface area contributed by atoms with Crippen LogP contribution in [-0.2, 0) is 0 Å². The molecule has 2 rings (SSSR count). The van der Waals surface area contributed by atoms with Crippen LogP contribution in [0.4, 0.5) is 0 Å². The van der Waals surface area contributed by atoms with Crippen LogP contribution in [0.25, 0.3) is 0 Å². The highest BCUT2D eigenvalue weighted by molar-refractivity contribution is 9.10. The van der Waals surface area contributed by atoms with Crippen molar-refractivity contribution in [1.29, 1.82) is 0 Å². The molecule has 0 radical (unpaired) electrons. The zero-order chi connectivity index (χ0) is 13.0. The molecule has 1 nitrogen and oxygen atoms in total. The predicted molar refractivity (Wildman–Crippen MR) is 83.3 cm³/mol. The fraction of sp³-hybridized carbons (Fsp3) is 0.333. The topological polar surface area (TPSA) is 12.0 Å².